The van der Waals surface area contributed by atoms with E-state index in [-0.39, 0.29) is 0 Å². The standard InChI is InChI=1S/C24H21/c1-3-9-21-13-8-14-24(23(21)10-4-2)22-17-15-20(16-18-22)19-11-6-5-7-12-19/h3-8,11-13,15-18H,1-2,9-10H2. The fourth-order valence-electron chi connectivity index (χ4n) is 3.02. The SMILES string of the molecule is C=CCc1cc[c]c(-c2ccc(-c3ccccc3)cc2)c1CC=C. The van der Waals surface area contributed by atoms with Crippen molar-refractivity contribution in [1.29, 1.82) is 0 Å². The van der Waals surface area contributed by atoms with Crippen LogP contribution < -0.4 is 0 Å². The first-order valence-corrected chi connectivity index (χ1v) is 8.23. The molecule has 0 aliphatic rings. The highest BCUT2D eigenvalue weighted by Crippen LogP contribution is 2.29. The Morgan fingerprint density at radius 3 is 2.00 bits per heavy atom. The lowest BCUT2D eigenvalue weighted by molar-refractivity contribution is 1.15. The molecule has 0 heterocycles. The average molecular weight is 309 g/mol. The summed E-state index contributed by atoms with van der Waals surface area (Å²) in [4.78, 5) is 0. The topological polar surface area (TPSA) is 0 Å². The van der Waals surface area contributed by atoms with Gasteiger partial charge in [-0.25, -0.2) is 0 Å². The molecular weight excluding hydrogens is 288 g/mol. The number of hydrogen-bond acceptors (Lipinski definition) is 0. The molecule has 0 atom stereocenters. The van der Waals surface area contributed by atoms with Crippen molar-refractivity contribution in [3.63, 3.8) is 0 Å². The van der Waals surface area contributed by atoms with E-state index in [1.165, 1.54) is 27.8 Å². The zero-order chi connectivity index (χ0) is 16.8. The molecule has 3 aromatic rings. The van der Waals surface area contributed by atoms with E-state index in [0.29, 0.717) is 0 Å². The maximum absolute atomic E-state index is 3.91. The van der Waals surface area contributed by atoms with Crippen LogP contribution in [-0.4, -0.2) is 0 Å². The Morgan fingerprint density at radius 1 is 0.708 bits per heavy atom. The zero-order valence-corrected chi connectivity index (χ0v) is 13.8. The summed E-state index contributed by atoms with van der Waals surface area (Å²) in [5.74, 6) is 0. The van der Waals surface area contributed by atoms with Gasteiger partial charge in [-0.05, 0) is 52.3 Å². The maximum Gasteiger partial charge on any atom is -0.00671 e. The van der Waals surface area contributed by atoms with Crippen LogP contribution in [-0.2, 0) is 12.8 Å². The summed E-state index contributed by atoms with van der Waals surface area (Å²) in [5.41, 5.74) is 7.41. The molecule has 0 aromatic heterocycles. The molecule has 117 valence electrons. The Bertz CT molecular complexity index is 824. The average Bonchev–Trinajstić information content (AvgIpc) is 2.64. The second-order valence-electron chi connectivity index (χ2n) is 5.79. The summed E-state index contributed by atoms with van der Waals surface area (Å²) >= 11 is 0. The van der Waals surface area contributed by atoms with E-state index in [9.17, 15) is 0 Å². The summed E-state index contributed by atoms with van der Waals surface area (Å²) < 4.78 is 0. The third-order valence-corrected chi connectivity index (χ3v) is 4.19. The van der Waals surface area contributed by atoms with Gasteiger partial charge in [0.2, 0.25) is 0 Å². The van der Waals surface area contributed by atoms with Crippen molar-refractivity contribution in [2.24, 2.45) is 0 Å². The highest BCUT2D eigenvalue weighted by Gasteiger charge is 2.09. The van der Waals surface area contributed by atoms with Crippen molar-refractivity contribution in [2.75, 3.05) is 0 Å². The molecule has 0 N–H and O–H groups in total. The van der Waals surface area contributed by atoms with Gasteiger partial charge in [0, 0.05) is 0 Å². The van der Waals surface area contributed by atoms with E-state index in [1.54, 1.807) is 0 Å². The molecule has 3 rings (SSSR count). The van der Waals surface area contributed by atoms with Gasteiger partial charge in [0.1, 0.15) is 0 Å². The molecule has 0 bridgehead atoms. The molecule has 0 unspecified atom stereocenters. The highest BCUT2D eigenvalue weighted by molar-refractivity contribution is 5.73. The van der Waals surface area contributed by atoms with Crippen LogP contribution in [0.3, 0.4) is 0 Å². The number of benzene rings is 3. The minimum atomic E-state index is 0.844. The first kappa shape index (κ1) is 16.0. The van der Waals surface area contributed by atoms with Gasteiger partial charge in [-0.3, -0.25) is 0 Å². The zero-order valence-electron chi connectivity index (χ0n) is 13.8. The van der Waals surface area contributed by atoms with Crippen LogP contribution in [0.5, 0.6) is 0 Å². The minimum absolute atomic E-state index is 0.844. The van der Waals surface area contributed by atoms with E-state index >= 15 is 0 Å². The van der Waals surface area contributed by atoms with Crippen LogP contribution in [0.15, 0.2) is 92.0 Å². The molecular formula is C24H21. The lowest BCUT2D eigenvalue weighted by Gasteiger charge is -2.13. The van der Waals surface area contributed by atoms with Crippen molar-refractivity contribution < 1.29 is 0 Å². The molecule has 0 saturated heterocycles. The summed E-state index contributed by atoms with van der Waals surface area (Å²) in [6.07, 6.45) is 5.62. The third-order valence-electron chi connectivity index (χ3n) is 4.19. The Labute approximate surface area is 144 Å². The molecule has 0 fully saturated rings. The van der Waals surface area contributed by atoms with E-state index in [1.807, 2.05) is 24.3 Å². The second-order valence-corrected chi connectivity index (χ2v) is 5.79. The number of rotatable bonds is 6. The van der Waals surface area contributed by atoms with Gasteiger partial charge in [-0.2, -0.15) is 0 Å². The minimum Gasteiger partial charge on any atom is -0.103 e. The fourth-order valence-corrected chi connectivity index (χ4v) is 3.02. The van der Waals surface area contributed by atoms with Crippen LogP contribution in [0.2, 0.25) is 0 Å². The molecule has 0 spiro atoms. The first-order chi connectivity index (χ1) is 11.8. The lowest BCUT2D eigenvalue weighted by Crippen LogP contribution is -1.96. The second kappa shape index (κ2) is 7.61. The van der Waals surface area contributed by atoms with Gasteiger partial charge in [0.05, 0.1) is 0 Å². The Balaban J connectivity index is 2.01. The molecule has 3 aromatic carbocycles. The van der Waals surface area contributed by atoms with Crippen molar-refractivity contribution in [3.8, 4) is 22.3 Å². The van der Waals surface area contributed by atoms with Gasteiger partial charge in [-0.1, -0.05) is 78.9 Å². The molecule has 24 heavy (non-hydrogen) atoms. The summed E-state index contributed by atoms with van der Waals surface area (Å²) in [6.45, 7) is 7.77. The van der Waals surface area contributed by atoms with Gasteiger partial charge < -0.3 is 0 Å². The first-order valence-electron chi connectivity index (χ1n) is 8.23. The normalized spacial score (nSPS) is 10.3. The molecule has 0 nitrogen and oxygen atoms in total. The van der Waals surface area contributed by atoms with Crippen LogP contribution in [0.4, 0.5) is 0 Å². The van der Waals surface area contributed by atoms with Crippen molar-refractivity contribution >= 4 is 0 Å². The fraction of sp³-hybridized carbons (Fsp3) is 0.0833. The molecule has 0 saturated carbocycles. The van der Waals surface area contributed by atoms with Crippen LogP contribution in [0, 0.1) is 6.07 Å². The van der Waals surface area contributed by atoms with Crippen molar-refractivity contribution in [2.45, 2.75) is 12.8 Å². The van der Waals surface area contributed by atoms with Crippen LogP contribution >= 0.6 is 0 Å². The summed E-state index contributed by atoms with van der Waals surface area (Å²) in [7, 11) is 0. The predicted octanol–water partition coefficient (Wildman–Crippen LogP) is 6.28. The third kappa shape index (κ3) is 3.38. The van der Waals surface area contributed by atoms with Crippen LogP contribution in [0.1, 0.15) is 11.1 Å². The van der Waals surface area contributed by atoms with E-state index in [0.717, 1.165) is 18.4 Å². The highest BCUT2D eigenvalue weighted by atomic mass is 14.1. The summed E-state index contributed by atoms with van der Waals surface area (Å²) in [5, 5.41) is 0. The molecule has 0 aliphatic carbocycles. The number of hydrogen-bond donors (Lipinski definition) is 0. The van der Waals surface area contributed by atoms with Gasteiger partial charge in [-0.15, -0.1) is 13.2 Å². The monoisotopic (exact) mass is 309 g/mol. The Kier molecular flexibility index (Phi) is 5.08. The van der Waals surface area contributed by atoms with Crippen molar-refractivity contribution in [3.05, 3.63) is 109 Å². The van der Waals surface area contributed by atoms with Crippen molar-refractivity contribution in [1.82, 2.24) is 0 Å². The Morgan fingerprint density at radius 2 is 1.33 bits per heavy atom. The molecule has 0 aliphatic heterocycles. The Hall–Kier alpha value is -2.86. The maximum atomic E-state index is 3.91. The molecule has 0 amide bonds. The quantitative estimate of drug-likeness (QED) is 0.470. The van der Waals surface area contributed by atoms with E-state index < -0.39 is 0 Å². The largest absolute Gasteiger partial charge is 0.103 e. The molecule has 1 radical (unpaired) electrons. The number of allylic oxidation sites excluding steroid dienone is 2. The van der Waals surface area contributed by atoms with Gasteiger partial charge in [0.25, 0.3) is 0 Å². The predicted molar refractivity (Wildman–Crippen MR) is 104 cm³/mol. The summed E-state index contributed by atoms with van der Waals surface area (Å²) in [6, 6.07) is 26.7. The smallest absolute Gasteiger partial charge is 0.00671 e. The van der Waals surface area contributed by atoms with Gasteiger partial charge >= 0.3 is 0 Å². The van der Waals surface area contributed by atoms with Gasteiger partial charge in [0.15, 0.2) is 0 Å². The molecule has 0 heteroatoms. The van der Waals surface area contributed by atoms with E-state index in [4.69, 9.17) is 0 Å². The van der Waals surface area contributed by atoms with E-state index in [2.05, 4.69) is 73.8 Å². The lowest BCUT2D eigenvalue weighted by atomic mass is 9.91. The van der Waals surface area contributed by atoms with Crippen LogP contribution in [0.25, 0.3) is 22.3 Å².